The van der Waals surface area contributed by atoms with Gasteiger partial charge in [-0.15, -0.1) is 0 Å². The molecular formula is C34H49N3O8. The number of amides is 3. The van der Waals surface area contributed by atoms with Crippen molar-refractivity contribution >= 4 is 23.9 Å². The number of alkyl carbamates (subject to hydrolysis) is 1. The number of rotatable bonds is 13. The van der Waals surface area contributed by atoms with Crippen LogP contribution in [0.5, 0.6) is 5.75 Å². The Morgan fingerprint density at radius 2 is 1.47 bits per heavy atom. The van der Waals surface area contributed by atoms with Crippen molar-refractivity contribution in [1.29, 1.82) is 0 Å². The number of phenolic OH excluding ortho intramolecular Hbond substituents is 1. The number of esters is 1. The van der Waals surface area contributed by atoms with E-state index in [1.54, 1.807) is 47.6 Å². The third kappa shape index (κ3) is 12.8. The number of carbonyl (C=O) groups is 4. The lowest BCUT2D eigenvalue weighted by molar-refractivity contribution is -0.159. The molecule has 0 aliphatic rings. The van der Waals surface area contributed by atoms with E-state index in [4.69, 9.17) is 9.47 Å². The van der Waals surface area contributed by atoms with Crippen LogP contribution in [0.1, 0.15) is 79.0 Å². The molecule has 3 atom stereocenters. The molecular weight excluding hydrogens is 578 g/mol. The van der Waals surface area contributed by atoms with Crippen molar-refractivity contribution in [2.75, 3.05) is 13.2 Å². The van der Waals surface area contributed by atoms with Crippen molar-refractivity contribution in [2.45, 2.75) is 97.6 Å². The van der Waals surface area contributed by atoms with E-state index in [0.717, 1.165) is 10.5 Å². The van der Waals surface area contributed by atoms with Gasteiger partial charge in [0.1, 0.15) is 35.1 Å². The van der Waals surface area contributed by atoms with Crippen LogP contribution in [-0.4, -0.2) is 75.4 Å². The summed E-state index contributed by atoms with van der Waals surface area (Å²) in [5, 5.41) is 25.8. The molecule has 45 heavy (non-hydrogen) atoms. The summed E-state index contributed by atoms with van der Waals surface area (Å²) in [5.41, 5.74) is -0.654. The maximum atomic E-state index is 14.2. The second-order valence-corrected chi connectivity index (χ2v) is 13.4. The molecule has 11 nitrogen and oxygen atoms in total. The first-order chi connectivity index (χ1) is 20.9. The van der Waals surface area contributed by atoms with E-state index in [0.29, 0.717) is 0 Å². The summed E-state index contributed by atoms with van der Waals surface area (Å²) in [6.45, 7) is 13.2. The van der Waals surface area contributed by atoms with Gasteiger partial charge in [0.25, 0.3) is 0 Å². The van der Waals surface area contributed by atoms with Crippen LogP contribution in [0.2, 0.25) is 0 Å². The van der Waals surface area contributed by atoms with Crippen LogP contribution in [0.15, 0.2) is 54.6 Å². The van der Waals surface area contributed by atoms with Gasteiger partial charge in [0, 0.05) is 13.0 Å². The van der Waals surface area contributed by atoms with E-state index in [-0.39, 0.29) is 36.6 Å². The molecule has 0 aliphatic carbocycles. The third-order valence-electron chi connectivity index (χ3n) is 6.36. The highest BCUT2D eigenvalue weighted by molar-refractivity contribution is 5.94. The molecule has 0 bridgehead atoms. The molecule has 0 spiro atoms. The molecule has 0 fully saturated rings. The average Bonchev–Trinajstić information content (AvgIpc) is 2.90. The number of carbonyl (C=O) groups excluding carboxylic acids is 4. The molecule has 0 saturated carbocycles. The Labute approximate surface area is 266 Å². The van der Waals surface area contributed by atoms with Crippen molar-refractivity contribution in [3.8, 4) is 5.75 Å². The van der Waals surface area contributed by atoms with Gasteiger partial charge in [0.2, 0.25) is 11.8 Å². The zero-order chi connectivity index (χ0) is 33.9. The van der Waals surface area contributed by atoms with Gasteiger partial charge < -0.3 is 35.2 Å². The van der Waals surface area contributed by atoms with E-state index in [1.165, 1.54) is 18.2 Å². The van der Waals surface area contributed by atoms with Crippen LogP contribution in [0, 0.1) is 5.92 Å². The minimum atomic E-state index is -1.40. The summed E-state index contributed by atoms with van der Waals surface area (Å²) in [6.07, 6.45) is -0.488. The van der Waals surface area contributed by atoms with E-state index in [2.05, 4.69) is 10.6 Å². The minimum Gasteiger partial charge on any atom is -0.508 e. The van der Waals surface area contributed by atoms with Crippen molar-refractivity contribution in [3.05, 3.63) is 65.7 Å². The number of phenols is 1. The molecule has 4 N–H and O–H groups in total. The monoisotopic (exact) mass is 627 g/mol. The summed E-state index contributed by atoms with van der Waals surface area (Å²) >= 11 is 0. The van der Waals surface area contributed by atoms with Crippen LogP contribution in [0.25, 0.3) is 0 Å². The van der Waals surface area contributed by atoms with Crippen molar-refractivity contribution < 1.29 is 38.9 Å². The lowest BCUT2D eigenvalue weighted by Gasteiger charge is -2.35. The summed E-state index contributed by atoms with van der Waals surface area (Å²) in [4.78, 5) is 55.6. The second-order valence-electron chi connectivity index (χ2n) is 13.4. The molecule has 248 valence electrons. The summed E-state index contributed by atoms with van der Waals surface area (Å²) < 4.78 is 11.0. The standard InChI is InChI=1S/C34H49N3O8/c1-22(2)19-26(36-32(43)45-34(6,7)8)30(41)37(17-18-38)28(24-15-12-16-25(39)21-24)29(40)35-27(31(42)44-33(3,4)5)20-23-13-10-9-11-14-23/h9-16,21-22,26-28,38-39H,17-20H2,1-8H3,(H,35,40)(H,36,43). The van der Waals surface area contributed by atoms with Crippen molar-refractivity contribution in [2.24, 2.45) is 5.92 Å². The Kier molecular flexibility index (Phi) is 13.4. The Morgan fingerprint density at radius 3 is 2.00 bits per heavy atom. The van der Waals surface area contributed by atoms with Gasteiger partial charge in [-0.3, -0.25) is 9.59 Å². The molecule has 2 aromatic carbocycles. The average molecular weight is 628 g/mol. The van der Waals surface area contributed by atoms with E-state index in [1.807, 2.05) is 44.2 Å². The number of ether oxygens (including phenoxy) is 2. The first-order valence-electron chi connectivity index (χ1n) is 15.2. The number of aliphatic hydroxyl groups excluding tert-OH is 1. The predicted molar refractivity (Wildman–Crippen MR) is 170 cm³/mol. The molecule has 0 heterocycles. The largest absolute Gasteiger partial charge is 0.508 e. The first kappa shape index (κ1) is 37.1. The minimum absolute atomic E-state index is 0.0414. The molecule has 0 aliphatic heterocycles. The van der Waals surface area contributed by atoms with Gasteiger partial charge in [-0.05, 0) is 77.1 Å². The van der Waals surface area contributed by atoms with E-state index in [9.17, 15) is 29.4 Å². The molecule has 2 aromatic rings. The molecule has 0 aromatic heterocycles. The maximum Gasteiger partial charge on any atom is 0.408 e. The Balaban J connectivity index is 2.57. The van der Waals surface area contributed by atoms with Crippen LogP contribution in [-0.2, 0) is 30.3 Å². The molecule has 3 unspecified atom stereocenters. The zero-order valence-electron chi connectivity index (χ0n) is 27.6. The summed E-state index contributed by atoms with van der Waals surface area (Å²) in [6, 6.07) is 11.3. The van der Waals surface area contributed by atoms with Gasteiger partial charge >= 0.3 is 12.1 Å². The van der Waals surface area contributed by atoms with Crippen LogP contribution in [0.4, 0.5) is 4.79 Å². The number of aliphatic hydroxyl groups is 1. The summed E-state index contributed by atoms with van der Waals surface area (Å²) in [5.74, 6) is -2.25. The van der Waals surface area contributed by atoms with Gasteiger partial charge in [-0.2, -0.15) is 0 Å². The molecule has 0 saturated heterocycles. The Hall–Kier alpha value is -4.12. The van der Waals surface area contributed by atoms with Crippen molar-refractivity contribution in [1.82, 2.24) is 15.5 Å². The lowest BCUT2D eigenvalue weighted by atomic mass is 9.98. The number of hydrogen-bond acceptors (Lipinski definition) is 8. The molecule has 0 radical (unpaired) electrons. The van der Waals surface area contributed by atoms with E-state index < -0.39 is 59.8 Å². The zero-order valence-corrected chi connectivity index (χ0v) is 27.6. The topological polar surface area (TPSA) is 154 Å². The van der Waals surface area contributed by atoms with E-state index >= 15 is 0 Å². The highest BCUT2D eigenvalue weighted by atomic mass is 16.6. The number of hydrogen-bond donors (Lipinski definition) is 4. The number of benzene rings is 2. The Morgan fingerprint density at radius 1 is 0.844 bits per heavy atom. The highest BCUT2D eigenvalue weighted by Gasteiger charge is 2.38. The maximum absolute atomic E-state index is 14.2. The normalized spacial score (nSPS) is 13.7. The SMILES string of the molecule is CC(C)CC(NC(=O)OC(C)(C)C)C(=O)N(CCO)C(C(=O)NC(Cc1ccccc1)C(=O)OC(C)(C)C)c1cccc(O)c1. The van der Waals surface area contributed by atoms with Gasteiger partial charge in [0.15, 0.2) is 0 Å². The number of aromatic hydroxyl groups is 1. The Bertz CT molecular complexity index is 1280. The van der Waals surface area contributed by atoms with Gasteiger partial charge in [-0.25, -0.2) is 9.59 Å². The van der Waals surface area contributed by atoms with Crippen molar-refractivity contribution in [3.63, 3.8) is 0 Å². The fraction of sp³-hybridized carbons (Fsp3) is 0.529. The fourth-order valence-electron chi connectivity index (χ4n) is 4.65. The van der Waals surface area contributed by atoms with Crippen LogP contribution >= 0.6 is 0 Å². The van der Waals surface area contributed by atoms with Gasteiger partial charge in [0.05, 0.1) is 6.61 Å². The molecule has 11 heteroatoms. The van der Waals surface area contributed by atoms with Crippen LogP contribution in [0.3, 0.4) is 0 Å². The quantitative estimate of drug-likeness (QED) is 0.240. The smallest absolute Gasteiger partial charge is 0.408 e. The third-order valence-corrected chi connectivity index (χ3v) is 6.36. The fourth-order valence-corrected chi connectivity index (χ4v) is 4.65. The molecule has 2 rings (SSSR count). The lowest BCUT2D eigenvalue weighted by Crippen LogP contribution is -2.55. The predicted octanol–water partition coefficient (Wildman–Crippen LogP) is 4.26. The number of nitrogens with zero attached hydrogens (tertiary/aromatic N) is 1. The second kappa shape index (κ2) is 16.3. The molecule has 3 amide bonds. The van der Waals surface area contributed by atoms with Gasteiger partial charge in [-0.1, -0.05) is 56.3 Å². The number of nitrogens with one attached hydrogen (secondary N) is 2. The van der Waals surface area contributed by atoms with Crippen LogP contribution < -0.4 is 10.6 Å². The first-order valence-corrected chi connectivity index (χ1v) is 15.2. The highest BCUT2D eigenvalue weighted by Crippen LogP contribution is 2.27. The summed E-state index contributed by atoms with van der Waals surface area (Å²) in [7, 11) is 0.